The third-order valence-electron chi connectivity index (χ3n) is 4.03. The highest BCUT2D eigenvalue weighted by Gasteiger charge is 2.25. The summed E-state index contributed by atoms with van der Waals surface area (Å²) in [7, 11) is 0. The van der Waals surface area contributed by atoms with Crippen molar-refractivity contribution in [1.29, 1.82) is 0 Å². The van der Waals surface area contributed by atoms with E-state index in [1.165, 1.54) is 0 Å². The topological polar surface area (TPSA) is 125 Å². The van der Waals surface area contributed by atoms with Crippen LogP contribution in [-0.4, -0.2) is 65.4 Å². The summed E-state index contributed by atoms with van der Waals surface area (Å²) in [5, 5.41) is 18.8. The molecule has 1 fully saturated rings. The van der Waals surface area contributed by atoms with Gasteiger partial charge in [0, 0.05) is 50.0 Å². The van der Waals surface area contributed by atoms with Crippen molar-refractivity contribution in [2.24, 2.45) is 0 Å². The first-order valence-corrected chi connectivity index (χ1v) is 9.54. The zero-order valence-electron chi connectivity index (χ0n) is 17.3. The van der Waals surface area contributed by atoms with Crippen molar-refractivity contribution < 1.29 is 42.9 Å². The molecule has 0 saturated carbocycles. The molecule has 1 aliphatic heterocycles. The fraction of sp³-hybridized carbons (Fsp3) is 0.450. The van der Waals surface area contributed by atoms with Crippen LogP contribution in [0.1, 0.15) is 25.8 Å². The van der Waals surface area contributed by atoms with Crippen LogP contribution in [0.25, 0.3) is 0 Å². The maximum absolute atomic E-state index is 14.0. The van der Waals surface area contributed by atoms with Gasteiger partial charge in [-0.05, 0) is 13.3 Å². The number of halogens is 2. The van der Waals surface area contributed by atoms with Gasteiger partial charge in [0.2, 0.25) is 0 Å². The normalized spacial score (nSPS) is 15.7. The van der Waals surface area contributed by atoms with Gasteiger partial charge in [-0.3, -0.25) is 0 Å². The molecule has 0 unspecified atom stereocenters. The van der Waals surface area contributed by atoms with Crippen LogP contribution in [0, 0.1) is 11.6 Å². The van der Waals surface area contributed by atoms with Gasteiger partial charge in [-0.2, -0.15) is 0 Å². The van der Waals surface area contributed by atoms with E-state index in [9.17, 15) is 23.2 Å². The van der Waals surface area contributed by atoms with E-state index >= 15 is 0 Å². The van der Waals surface area contributed by atoms with Crippen molar-refractivity contribution in [3.05, 3.63) is 41.5 Å². The maximum atomic E-state index is 14.0. The zero-order valence-corrected chi connectivity index (χ0v) is 17.3. The van der Waals surface area contributed by atoms with Gasteiger partial charge in [0.1, 0.15) is 24.0 Å². The van der Waals surface area contributed by atoms with Crippen LogP contribution >= 0.6 is 0 Å². The second kappa shape index (κ2) is 13.2. The summed E-state index contributed by atoms with van der Waals surface area (Å²) >= 11 is 0. The molecule has 1 atom stereocenters. The number of aliphatic carboxylic acids is 2. The lowest BCUT2D eigenvalue weighted by Crippen LogP contribution is -2.52. The van der Waals surface area contributed by atoms with Crippen LogP contribution in [0.2, 0.25) is 0 Å². The first-order valence-electron chi connectivity index (χ1n) is 9.54. The van der Waals surface area contributed by atoms with Gasteiger partial charge in [-0.1, -0.05) is 6.92 Å². The molecule has 3 N–H and O–H groups in total. The van der Waals surface area contributed by atoms with E-state index in [-0.39, 0.29) is 17.4 Å². The molecular formula is C20H26F2N2O7. The minimum absolute atomic E-state index is 0.0178. The minimum Gasteiger partial charge on any atom is -0.493 e. The molecule has 9 nitrogen and oxygen atoms in total. The van der Waals surface area contributed by atoms with E-state index < -0.39 is 36.3 Å². The Morgan fingerprint density at radius 2 is 1.77 bits per heavy atom. The zero-order chi connectivity index (χ0) is 23.4. The molecule has 0 spiro atoms. The average Bonchev–Trinajstić information content (AvgIpc) is 2.70. The third-order valence-corrected chi connectivity index (χ3v) is 4.03. The van der Waals surface area contributed by atoms with Gasteiger partial charge in [0.25, 0.3) is 0 Å². The second-order valence-electron chi connectivity index (χ2n) is 6.52. The summed E-state index contributed by atoms with van der Waals surface area (Å²) in [5.41, 5.74) is -0.273. The van der Waals surface area contributed by atoms with E-state index in [4.69, 9.17) is 19.7 Å². The molecule has 2 rings (SSSR count). The molecule has 11 heteroatoms. The molecule has 172 valence electrons. The first-order chi connectivity index (χ1) is 14.6. The molecule has 0 radical (unpaired) electrons. The fourth-order valence-corrected chi connectivity index (χ4v) is 2.49. The van der Waals surface area contributed by atoms with Crippen molar-refractivity contribution >= 4 is 18.0 Å². The Morgan fingerprint density at radius 1 is 1.19 bits per heavy atom. The van der Waals surface area contributed by atoms with Crippen molar-refractivity contribution in [1.82, 2.24) is 10.2 Å². The predicted octanol–water partition coefficient (Wildman–Crippen LogP) is 2.40. The summed E-state index contributed by atoms with van der Waals surface area (Å²) < 4.78 is 38.2. The molecule has 0 aliphatic carbocycles. The van der Waals surface area contributed by atoms with Crippen LogP contribution in [0.5, 0.6) is 5.75 Å². The van der Waals surface area contributed by atoms with Crippen LogP contribution in [0.15, 0.2) is 24.3 Å². The van der Waals surface area contributed by atoms with Gasteiger partial charge in [0.15, 0.2) is 0 Å². The highest BCUT2D eigenvalue weighted by atomic mass is 19.1. The number of rotatable bonds is 7. The van der Waals surface area contributed by atoms with Crippen molar-refractivity contribution in [3.8, 4) is 5.75 Å². The summed E-state index contributed by atoms with van der Waals surface area (Å²) in [6, 6.07) is 2.20. The number of amides is 1. The lowest BCUT2D eigenvalue weighted by Gasteiger charge is -2.33. The minimum atomic E-state index is -1.26. The SMILES string of the molecule is CCCOc1cc(F)c(COC(=O)N2CCNC[C@H]2C)c(F)c1.O=C(O)/C=C/C(=O)O. The number of carboxylic acid groups (broad SMARTS) is 2. The molecule has 1 saturated heterocycles. The number of hydrogen-bond acceptors (Lipinski definition) is 6. The molecule has 31 heavy (non-hydrogen) atoms. The van der Waals surface area contributed by atoms with Crippen LogP contribution in [0.3, 0.4) is 0 Å². The number of carboxylic acids is 2. The van der Waals surface area contributed by atoms with E-state index in [2.05, 4.69) is 5.32 Å². The van der Waals surface area contributed by atoms with Crippen LogP contribution in [-0.2, 0) is 20.9 Å². The third kappa shape index (κ3) is 9.43. The number of nitrogens with one attached hydrogen (secondary N) is 1. The Labute approximate surface area is 178 Å². The molecule has 1 amide bonds. The average molecular weight is 444 g/mol. The molecule has 0 bridgehead atoms. The number of benzene rings is 1. The fourth-order valence-electron chi connectivity index (χ4n) is 2.49. The maximum Gasteiger partial charge on any atom is 0.410 e. The van der Waals surface area contributed by atoms with Crippen LogP contribution < -0.4 is 10.1 Å². The van der Waals surface area contributed by atoms with Crippen molar-refractivity contribution in [2.45, 2.75) is 32.9 Å². The van der Waals surface area contributed by atoms with E-state index in [1.807, 2.05) is 13.8 Å². The summed E-state index contributed by atoms with van der Waals surface area (Å²) in [5.74, 6) is -3.94. The Morgan fingerprint density at radius 3 is 2.26 bits per heavy atom. The Kier molecular flexibility index (Phi) is 11.0. The molecule has 1 aliphatic rings. The van der Waals surface area contributed by atoms with Gasteiger partial charge in [0.05, 0.1) is 12.2 Å². The highest BCUT2D eigenvalue weighted by Crippen LogP contribution is 2.22. The number of carbonyl (C=O) groups excluding carboxylic acids is 1. The number of hydrogen-bond donors (Lipinski definition) is 3. The molecule has 0 aromatic heterocycles. The van der Waals surface area contributed by atoms with Gasteiger partial charge in [-0.15, -0.1) is 0 Å². The number of carbonyl (C=O) groups is 3. The van der Waals surface area contributed by atoms with Crippen molar-refractivity contribution in [2.75, 3.05) is 26.2 Å². The number of ether oxygens (including phenoxy) is 2. The van der Waals surface area contributed by atoms with Gasteiger partial charge in [-0.25, -0.2) is 23.2 Å². The molecule has 1 aromatic carbocycles. The Bertz CT molecular complexity index is 763. The predicted molar refractivity (Wildman–Crippen MR) is 106 cm³/mol. The highest BCUT2D eigenvalue weighted by molar-refractivity contribution is 5.89. The number of piperazine rings is 1. The lowest BCUT2D eigenvalue weighted by molar-refractivity contribution is -0.134. The Balaban J connectivity index is 0.000000512. The second-order valence-corrected chi connectivity index (χ2v) is 6.52. The monoisotopic (exact) mass is 444 g/mol. The Hall–Kier alpha value is -3.21. The van der Waals surface area contributed by atoms with E-state index in [0.29, 0.717) is 38.4 Å². The molecular weight excluding hydrogens is 418 g/mol. The summed E-state index contributed by atoms with van der Waals surface area (Å²) in [4.78, 5) is 32.7. The first kappa shape index (κ1) is 25.8. The molecule has 1 aromatic rings. The lowest BCUT2D eigenvalue weighted by atomic mass is 10.2. The molecule has 1 heterocycles. The summed E-state index contributed by atoms with van der Waals surface area (Å²) in [6.07, 6.45) is 1.29. The number of nitrogens with zero attached hydrogens (tertiary/aromatic N) is 1. The van der Waals surface area contributed by atoms with E-state index in [0.717, 1.165) is 18.6 Å². The smallest absolute Gasteiger partial charge is 0.410 e. The largest absolute Gasteiger partial charge is 0.493 e. The van der Waals surface area contributed by atoms with Crippen molar-refractivity contribution in [3.63, 3.8) is 0 Å². The van der Waals surface area contributed by atoms with Gasteiger partial charge < -0.3 is 29.9 Å². The van der Waals surface area contributed by atoms with Gasteiger partial charge >= 0.3 is 18.0 Å². The van der Waals surface area contributed by atoms with E-state index in [1.54, 1.807) is 4.90 Å². The van der Waals surface area contributed by atoms with Crippen LogP contribution in [0.4, 0.5) is 13.6 Å². The standard InChI is InChI=1S/C16H22F2N2O3.C4H4O4/c1-3-6-22-12-7-14(17)13(15(18)8-12)10-23-16(21)20-5-4-19-9-11(20)2;5-3(6)1-2-4(7)8/h7-8,11,19H,3-6,9-10H2,1-2H3;1-2H,(H,5,6)(H,7,8)/b;2-1+/t11-;/m1./s1. The quantitative estimate of drug-likeness (QED) is 0.548. The summed E-state index contributed by atoms with van der Waals surface area (Å²) in [6.45, 7) is 5.57.